The van der Waals surface area contributed by atoms with Crippen LogP contribution in [-0.4, -0.2) is 14.8 Å². The number of fused-ring (bicyclic) bond motifs is 1. The summed E-state index contributed by atoms with van der Waals surface area (Å²) >= 11 is 1.73. The maximum absolute atomic E-state index is 10.8. The Morgan fingerprint density at radius 2 is 1.78 bits per heavy atom. The summed E-state index contributed by atoms with van der Waals surface area (Å²) in [5.41, 5.74) is 1.67. The van der Waals surface area contributed by atoms with Crippen molar-refractivity contribution in [3.05, 3.63) is 23.8 Å². The van der Waals surface area contributed by atoms with E-state index in [1.54, 1.807) is 11.8 Å². The van der Waals surface area contributed by atoms with Crippen molar-refractivity contribution < 1.29 is 5.11 Å². The Balaban J connectivity index is 2.53. The minimum atomic E-state index is -0.678. The predicted octanol–water partition coefficient (Wildman–Crippen LogP) is 4.53. The molecule has 0 aromatic heterocycles. The fourth-order valence-corrected chi connectivity index (χ4v) is 5.02. The van der Waals surface area contributed by atoms with Gasteiger partial charge in [-0.2, -0.15) is 0 Å². The average molecular weight is 266 g/mol. The van der Waals surface area contributed by atoms with Crippen LogP contribution in [0.25, 0.3) is 0 Å². The Morgan fingerprint density at radius 3 is 2.28 bits per heavy atom. The summed E-state index contributed by atoms with van der Waals surface area (Å²) in [6.45, 7) is 13.6. The number of rotatable bonds is 4. The molecule has 1 N–H and O–H groups in total. The van der Waals surface area contributed by atoms with Gasteiger partial charge in [-0.05, 0) is 35.3 Å². The second-order valence-corrected chi connectivity index (χ2v) is 8.33. The molecule has 1 fully saturated rings. The number of hydrogen-bond acceptors (Lipinski definition) is 2. The highest BCUT2D eigenvalue weighted by Gasteiger charge is 2.76. The molecular weight excluding hydrogens is 240 g/mol. The maximum atomic E-state index is 10.8. The molecule has 102 valence electrons. The summed E-state index contributed by atoms with van der Waals surface area (Å²) in [7, 11) is 0. The summed E-state index contributed by atoms with van der Waals surface area (Å²) < 4.78 is -0.122. The summed E-state index contributed by atoms with van der Waals surface area (Å²) in [5.74, 6) is 0. The molecule has 1 nitrogen and oxygen atoms in total. The van der Waals surface area contributed by atoms with Gasteiger partial charge in [-0.15, -0.1) is 11.8 Å². The molecule has 2 unspecified atom stereocenters. The molecule has 2 aliphatic rings. The van der Waals surface area contributed by atoms with Crippen molar-refractivity contribution in [2.45, 2.75) is 64.1 Å². The maximum Gasteiger partial charge on any atom is 0.149 e. The molecule has 0 amide bonds. The van der Waals surface area contributed by atoms with Crippen molar-refractivity contribution in [3.8, 4) is 0 Å². The first kappa shape index (κ1) is 14.2. The van der Waals surface area contributed by atoms with Gasteiger partial charge in [-0.25, -0.2) is 0 Å². The van der Waals surface area contributed by atoms with E-state index < -0.39 is 4.93 Å². The Bertz CT molecular complexity index is 419. The molecule has 0 spiro atoms. The van der Waals surface area contributed by atoms with E-state index in [1.807, 2.05) is 12.2 Å². The zero-order chi connectivity index (χ0) is 13.8. The lowest BCUT2D eigenvalue weighted by atomic mass is 9.61. The third-order valence-corrected chi connectivity index (χ3v) is 7.12. The minimum Gasteiger partial charge on any atom is -0.374 e. The highest BCUT2D eigenvalue weighted by molar-refractivity contribution is 8.10. The van der Waals surface area contributed by atoms with Gasteiger partial charge in [0.25, 0.3) is 0 Å². The SMILES string of the molecule is CCC(C)(C)C1=CC=CC2(O)SC12C(C)(C)CC. The first-order chi connectivity index (χ1) is 8.17. The van der Waals surface area contributed by atoms with Gasteiger partial charge in [0.2, 0.25) is 0 Å². The van der Waals surface area contributed by atoms with Crippen LogP contribution in [0.2, 0.25) is 0 Å². The first-order valence-corrected chi connectivity index (χ1v) is 7.81. The van der Waals surface area contributed by atoms with Gasteiger partial charge in [-0.1, -0.05) is 53.7 Å². The first-order valence-electron chi connectivity index (χ1n) is 7.00. The Labute approximate surface area is 116 Å². The third kappa shape index (κ3) is 1.58. The smallest absolute Gasteiger partial charge is 0.149 e. The van der Waals surface area contributed by atoms with Crippen LogP contribution in [0.4, 0.5) is 0 Å². The van der Waals surface area contributed by atoms with E-state index in [-0.39, 0.29) is 15.6 Å². The van der Waals surface area contributed by atoms with Gasteiger partial charge in [0, 0.05) is 0 Å². The van der Waals surface area contributed by atoms with Crippen LogP contribution in [0.1, 0.15) is 54.4 Å². The van der Waals surface area contributed by atoms with E-state index in [0.717, 1.165) is 12.8 Å². The van der Waals surface area contributed by atoms with E-state index in [4.69, 9.17) is 0 Å². The topological polar surface area (TPSA) is 20.2 Å². The van der Waals surface area contributed by atoms with Gasteiger partial charge < -0.3 is 5.11 Å². The van der Waals surface area contributed by atoms with Crippen molar-refractivity contribution in [2.24, 2.45) is 10.8 Å². The number of allylic oxidation sites excluding steroid dienone is 2. The normalized spacial score (nSPS) is 35.2. The van der Waals surface area contributed by atoms with Crippen LogP contribution >= 0.6 is 11.8 Å². The molecule has 0 saturated carbocycles. The van der Waals surface area contributed by atoms with Crippen LogP contribution in [-0.2, 0) is 0 Å². The number of aliphatic hydroxyl groups is 1. The number of hydrogen-bond donors (Lipinski definition) is 1. The van der Waals surface area contributed by atoms with Crippen LogP contribution in [0.3, 0.4) is 0 Å². The molecular formula is C16H26OS. The molecule has 0 radical (unpaired) electrons. The van der Waals surface area contributed by atoms with Crippen LogP contribution in [0.5, 0.6) is 0 Å². The highest BCUT2D eigenvalue weighted by atomic mass is 32.2. The van der Waals surface area contributed by atoms with Crippen molar-refractivity contribution in [1.82, 2.24) is 0 Å². The quantitative estimate of drug-likeness (QED) is 0.754. The molecule has 1 aliphatic heterocycles. The molecule has 0 aromatic carbocycles. The average Bonchev–Trinajstić information content (AvgIpc) is 2.96. The monoisotopic (exact) mass is 266 g/mol. The summed E-state index contributed by atoms with van der Waals surface area (Å²) in [5, 5.41) is 10.8. The molecule has 2 rings (SSSR count). The molecule has 2 atom stereocenters. The molecule has 1 aliphatic carbocycles. The Hall–Kier alpha value is -0.210. The van der Waals surface area contributed by atoms with Gasteiger partial charge in [0.15, 0.2) is 0 Å². The van der Waals surface area contributed by atoms with E-state index >= 15 is 0 Å². The largest absolute Gasteiger partial charge is 0.374 e. The molecule has 1 heterocycles. The number of thioether (sulfide) groups is 1. The zero-order valence-corrected chi connectivity index (χ0v) is 13.3. The van der Waals surface area contributed by atoms with Crippen LogP contribution < -0.4 is 0 Å². The summed E-state index contributed by atoms with van der Waals surface area (Å²) in [6.07, 6.45) is 8.44. The Kier molecular flexibility index (Phi) is 3.07. The van der Waals surface area contributed by atoms with Crippen molar-refractivity contribution in [1.29, 1.82) is 0 Å². The Morgan fingerprint density at radius 1 is 1.17 bits per heavy atom. The van der Waals surface area contributed by atoms with E-state index in [1.165, 1.54) is 5.57 Å². The molecule has 0 bridgehead atoms. The van der Waals surface area contributed by atoms with Crippen molar-refractivity contribution >= 4 is 11.8 Å². The van der Waals surface area contributed by atoms with Crippen LogP contribution in [0.15, 0.2) is 23.8 Å². The third-order valence-electron chi connectivity index (χ3n) is 5.19. The van der Waals surface area contributed by atoms with E-state index in [9.17, 15) is 5.11 Å². The lowest BCUT2D eigenvalue weighted by Gasteiger charge is -2.43. The highest BCUT2D eigenvalue weighted by Crippen LogP contribution is 2.77. The molecule has 2 heteroatoms. The molecule has 0 aromatic rings. The van der Waals surface area contributed by atoms with Crippen molar-refractivity contribution in [3.63, 3.8) is 0 Å². The zero-order valence-electron chi connectivity index (χ0n) is 12.5. The predicted molar refractivity (Wildman–Crippen MR) is 80.6 cm³/mol. The lowest BCUT2D eigenvalue weighted by molar-refractivity contribution is 0.116. The van der Waals surface area contributed by atoms with Gasteiger partial charge in [0.05, 0.1) is 4.75 Å². The van der Waals surface area contributed by atoms with Crippen LogP contribution in [0, 0.1) is 10.8 Å². The fraction of sp³-hybridized carbons (Fsp3) is 0.750. The fourth-order valence-electron chi connectivity index (χ4n) is 3.13. The molecule has 1 saturated heterocycles. The van der Waals surface area contributed by atoms with Crippen molar-refractivity contribution in [2.75, 3.05) is 0 Å². The minimum absolute atomic E-state index is 0.107. The summed E-state index contributed by atoms with van der Waals surface area (Å²) in [6, 6.07) is 0. The van der Waals surface area contributed by atoms with Gasteiger partial charge in [-0.3, -0.25) is 0 Å². The lowest BCUT2D eigenvalue weighted by Crippen LogP contribution is -2.45. The molecule has 18 heavy (non-hydrogen) atoms. The van der Waals surface area contributed by atoms with Gasteiger partial charge >= 0.3 is 0 Å². The summed E-state index contributed by atoms with van der Waals surface area (Å²) in [4.78, 5) is -0.678. The second kappa shape index (κ2) is 3.89. The standard InChI is InChI=1S/C16H26OS/c1-7-13(3,4)12-10-9-11-15(17)16(12,18-15)14(5,6)8-2/h9-11,17H,7-8H2,1-6H3. The second-order valence-electron chi connectivity index (χ2n) is 6.89. The van der Waals surface area contributed by atoms with E-state index in [2.05, 4.69) is 47.6 Å². The van der Waals surface area contributed by atoms with Gasteiger partial charge in [0.1, 0.15) is 4.93 Å². The van der Waals surface area contributed by atoms with E-state index in [0.29, 0.717) is 0 Å².